The third kappa shape index (κ3) is 6.50. The van der Waals surface area contributed by atoms with Crippen molar-refractivity contribution in [1.29, 1.82) is 0 Å². The molecule has 9 atom stereocenters. The van der Waals surface area contributed by atoms with Gasteiger partial charge in [0.05, 0.1) is 12.2 Å². The summed E-state index contributed by atoms with van der Waals surface area (Å²) in [5, 5.41) is 0. The van der Waals surface area contributed by atoms with Crippen LogP contribution in [0.15, 0.2) is 0 Å². The zero-order valence-corrected chi connectivity index (χ0v) is 31.8. The van der Waals surface area contributed by atoms with Crippen LogP contribution in [0, 0.1) is 39.4 Å². The fourth-order valence-corrected chi connectivity index (χ4v) is 11.9. The summed E-state index contributed by atoms with van der Waals surface area (Å²) in [5.41, 5.74) is -9.84. The number of halogens is 11. The monoisotopic (exact) mass is 774 g/mol. The standard InChI is InChI=1S/C37H57F11O4/c1-10-17-50-30(9,38)52-29(8)18-24-13-16-32(29,19-24)28(7,11-2)22-27(5,6)31-15-14-25(20-31)26(21-31)33(51-23(4)49-12-3,34(39,40)36(43,44)45)35(41,42)37(46,47)48/h23-26H,10-22H2,1-9H3. The summed E-state index contributed by atoms with van der Waals surface area (Å²) in [6.07, 6.45) is -12.6. The van der Waals surface area contributed by atoms with Crippen molar-refractivity contribution in [2.45, 2.75) is 181 Å². The highest BCUT2D eigenvalue weighted by molar-refractivity contribution is 5.23. The maximum atomic E-state index is 15.9. The molecule has 4 saturated carbocycles. The molecule has 0 radical (unpaired) electrons. The molecule has 0 spiro atoms. The summed E-state index contributed by atoms with van der Waals surface area (Å²) >= 11 is 0. The van der Waals surface area contributed by atoms with Crippen molar-refractivity contribution in [1.82, 2.24) is 0 Å². The minimum Gasteiger partial charge on any atom is -0.353 e. The Morgan fingerprint density at radius 3 is 1.81 bits per heavy atom. The van der Waals surface area contributed by atoms with Crippen LogP contribution in [-0.2, 0) is 18.9 Å². The average molecular weight is 775 g/mol. The second-order valence-corrected chi connectivity index (χ2v) is 17.5. The quantitative estimate of drug-likeness (QED) is 0.109. The van der Waals surface area contributed by atoms with Crippen LogP contribution in [0.25, 0.3) is 0 Å². The van der Waals surface area contributed by atoms with E-state index in [1.165, 1.54) is 13.8 Å². The van der Waals surface area contributed by atoms with Crippen LogP contribution in [0.1, 0.15) is 133 Å². The third-order valence-electron chi connectivity index (χ3n) is 14.2. The lowest BCUT2D eigenvalue weighted by atomic mass is 9.48. The molecule has 4 aliphatic rings. The summed E-state index contributed by atoms with van der Waals surface area (Å²) in [6.45, 7) is 14.2. The Hall–Kier alpha value is -0.930. The lowest BCUT2D eigenvalue weighted by Crippen LogP contribution is -2.75. The first kappa shape index (κ1) is 43.8. The molecule has 0 aromatic carbocycles. The molecule has 0 aromatic rings. The predicted molar refractivity (Wildman–Crippen MR) is 171 cm³/mol. The molecule has 0 heterocycles. The molecule has 0 N–H and O–H groups in total. The zero-order valence-electron chi connectivity index (χ0n) is 31.8. The van der Waals surface area contributed by atoms with Crippen LogP contribution in [0.2, 0.25) is 0 Å². The molecule has 306 valence electrons. The minimum atomic E-state index is -6.82. The highest BCUT2D eigenvalue weighted by Gasteiger charge is 2.89. The van der Waals surface area contributed by atoms with Crippen LogP contribution < -0.4 is 0 Å². The van der Waals surface area contributed by atoms with Crippen molar-refractivity contribution in [3.8, 4) is 0 Å². The minimum absolute atomic E-state index is 0.123. The lowest BCUT2D eigenvalue weighted by Gasteiger charge is -2.59. The number of ether oxygens (including phenoxy) is 4. The Kier molecular flexibility index (Phi) is 11.5. The molecule has 4 bridgehead atoms. The van der Waals surface area contributed by atoms with E-state index in [9.17, 15) is 26.3 Å². The molecule has 4 fully saturated rings. The largest absolute Gasteiger partial charge is 0.456 e. The SMILES string of the molecule is CCCOC(C)(F)OC1(C)CC2CCC1(C(C)(CC)CC(C)(C)C13CCC(C1)C(C(OC(C)OCC)(C(F)(F)C(F)(F)F)C(F)(F)C(F)(F)F)C3)C2. The van der Waals surface area contributed by atoms with Crippen molar-refractivity contribution in [3.63, 3.8) is 0 Å². The fraction of sp³-hybridized carbons (Fsp3) is 1.00. The number of hydrogen-bond donors (Lipinski definition) is 0. The van der Waals surface area contributed by atoms with Crippen molar-refractivity contribution >= 4 is 0 Å². The van der Waals surface area contributed by atoms with E-state index in [1.807, 2.05) is 27.7 Å². The Morgan fingerprint density at radius 1 is 0.750 bits per heavy atom. The van der Waals surface area contributed by atoms with Gasteiger partial charge < -0.3 is 18.9 Å². The molecule has 0 aromatic heterocycles. The Labute approximate surface area is 300 Å². The van der Waals surface area contributed by atoms with Crippen LogP contribution >= 0.6 is 0 Å². The maximum absolute atomic E-state index is 15.9. The number of fused-ring (bicyclic) bond motifs is 4. The van der Waals surface area contributed by atoms with E-state index in [0.717, 1.165) is 13.3 Å². The van der Waals surface area contributed by atoms with Gasteiger partial charge in [-0.05, 0) is 113 Å². The summed E-state index contributed by atoms with van der Waals surface area (Å²) in [4.78, 5) is 0. The molecule has 52 heavy (non-hydrogen) atoms. The van der Waals surface area contributed by atoms with Gasteiger partial charge in [0.2, 0.25) is 5.60 Å². The highest BCUT2D eigenvalue weighted by atomic mass is 19.4. The molecule has 0 saturated heterocycles. The molecular formula is C37H57F11O4. The van der Waals surface area contributed by atoms with Crippen LogP contribution in [0.3, 0.4) is 0 Å². The smallest absolute Gasteiger partial charge is 0.353 e. The van der Waals surface area contributed by atoms with Gasteiger partial charge in [-0.25, -0.2) is 0 Å². The van der Waals surface area contributed by atoms with Crippen LogP contribution in [0.5, 0.6) is 0 Å². The van der Waals surface area contributed by atoms with Gasteiger partial charge in [-0.1, -0.05) is 41.0 Å². The van der Waals surface area contributed by atoms with Gasteiger partial charge in [0, 0.05) is 24.9 Å². The molecule has 4 aliphatic carbocycles. The van der Waals surface area contributed by atoms with Crippen molar-refractivity contribution in [2.24, 2.45) is 39.4 Å². The highest BCUT2D eigenvalue weighted by Crippen LogP contribution is 2.76. The second-order valence-electron chi connectivity index (χ2n) is 17.5. The van der Waals surface area contributed by atoms with Gasteiger partial charge in [-0.2, -0.15) is 48.3 Å². The normalized spacial score (nSPS) is 34.5. The van der Waals surface area contributed by atoms with Crippen molar-refractivity contribution in [3.05, 3.63) is 0 Å². The predicted octanol–water partition coefficient (Wildman–Crippen LogP) is 12.2. The van der Waals surface area contributed by atoms with E-state index in [4.69, 9.17) is 18.9 Å². The molecule has 0 aliphatic heterocycles. The maximum Gasteiger partial charge on any atom is 0.456 e. The molecule has 15 heteroatoms. The van der Waals surface area contributed by atoms with Crippen LogP contribution in [0.4, 0.5) is 48.3 Å². The van der Waals surface area contributed by atoms with Gasteiger partial charge in [-0.3, -0.25) is 0 Å². The van der Waals surface area contributed by atoms with Gasteiger partial charge >= 0.3 is 30.2 Å². The molecule has 9 unspecified atom stereocenters. The average Bonchev–Trinajstić information content (AvgIpc) is 3.77. The second kappa shape index (κ2) is 13.6. The lowest BCUT2D eigenvalue weighted by molar-refractivity contribution is -0.460. The number of alkyl halides is 11. The van der Waals surface area contributed by atoms with E-state index < -0.39 is 94.3 Å². The topological polar surface area (TPSA) is 36.9 Å². The summed E-state index contributed by atoms with van der Waals surface area (Å²) in [6, 6.07) is -2.40. The summed E-state index contributed by atoms with van der Waals surface area (Å²) in [5.74, 6) is -17.0. The number of hydrogen-bond acceptors (Lipinski definition) is 4. The summed E-state index contributed by atoms with van der Waals surface area (Å²) in [7, 11) is 0. The zero-order chi connectivity index (χ0) is 39.8. The molecule has 4 rings (SSSR count). The Bertz CT molecular complexity index is 1240. The molecular weight excluding hydrogens is 717 g/mol. The first-order valence-electron chi connectivity index (χ1n) is 18.6. The van der Waals surface area contributed by atoms with Crippen molar-refractivity contribution < 1.29 is 67.2 Å². The van der Waals surface area contributed by atoms with Gasteiger partial charge in [0.25, 0.3) is 0 Å². The van der Waals surface area contributed by atoms with E-state index in [0.29, 0.717) is 38.5 Å². The molecule has 4 nitrogen and oxygen atoms in total. The van der Waals surface area contributed by atoms with Crippen molar-refractivity contribution in [2.75, 3.05) is 13.2 Å². The molecule has 0 amide bonds. The summed E-state index contributed by atoms with van der Waals surface area (Å²) < 4.78 is 186. The van der Waals surface area contributed by atoms with E-state index in [2.05, 4.69) is 0 Å². The van der Waals surface area contributed by atoms with Crippen LogP contribution in [-0.4, -0.2) is 60.9 Å². The Balaban J connectivity index is 1.81. The van der Waals surface area contributed by atoms with E-state index >= 15 is 22.0 Å². The van der Waals surface area contributed by atoms with Gasteiger partial charge in [0.15, 0.2) is 6.29 Å². The fourth-order valence-electron chi connectivity index (χ4n) is 11.9. The number of rotatable bonds is 17. The van der Waals surface area contributed by atoms with Gasteiger partial charge in [0.1, 0.15) is 0 Å². The Morgan fingerprint density at radius 2 is 1.33 bits per heavy atom. The van der Waals surface area contributed by atoms with E-state index in [-0.39, 0.29) is 31.8 Å². The first-order valence-corrected chi connectivity index (χ1v) is 18.6. The van der Waals surface area contributed by atoms with Gasteiger partial charge in [-0.15, -0.1) is 0 Å². The van der Waals surface area contributed by atoms with E-state index in [1.54, 1.807) is 13.8 Å². The first-order chi connectivity index (χ1) is 23.4. The third-order valence-corrected chi connectivity index (χ3v) is 14.2.